The van der Waals surface area contributed by atoms with Crippen molar-refractivity contribution in [3.8, 4) is 0 Å². The standard InChI is InChI=1S/C19H24N6O2.ClH/c1-14(22-10-15-4-6-16(7-5-15)12-25-20)19(27)24-13-18(26)23-11-17-3-2-8-21-9-17;/h2-9,12,14,22H,10-11,13,20H2,1H3,(H,23,26)(H,24,27);1H. The van der Waals surface area contributed by atoms with E-state index in [2.05, 4.69) is 26.0 Å². The molecule has 2 amide bonds. The molecule has 2 rings (SSSR count). The number of benzene rings is 1. The molecule has 0 bridgehead atoms. The number of rotatable bonds is 9. The fourth-order valence-corrected chi connectivity index (χ4v) is 2.26. The summed E-state index contributed by atoms with van der Waals surface area (Å²) in [4.78, 5) is 27.9. The molecule has 1 heterocycles. The Kier molecular flexibility index (Phi) is 10.2. The molecular weight excluding hydrogens is 380 g/mol. The monoisotopic (exact) mass is 404 g/mol. The van der Waals surface area contributed by atoms with Crippen LogP contribution in [0.4, 0.5) is 0 Å². The number of hydrazone groups is 1. The molecule has 1 aromatic heterocycles. The lowest BCUT2D eigenvalue weighted by Gasteiger charge is -2.14. The molecule has 2 aromatic rings. The average Bonchev–Trinajstić information content (AvgIpc) is 2.70. The van der Waals surface area contributed by atoms with Crippen molar-refractivity contribution in [1.29, 1.82) is 0 Å². The predicted octanol–water partition coefficient (Wildman–Crippen LogP) is 0.707. The lowest BCUT2D eigenvalue weighted by atomic mass is 10.1. The fraction of sp³-hybridized carbons (Fsp3) is 0.263. The molecule has 0 saturated heterocycles. The van der Waals surface area contributed by atoms with E-state index >= 15 is 0 Å². The predicted molar refractivity (Wildman–Crippen MR) is 111 cm³/mol. The zero-order valence-corrected chi connectivity index (χ0v) is 16.4. The van der Waals surface area contributed by atoms with Crippen molar-refractivity contribution in [2.24, 2.45) is 10.9 Å². The second kappa shape index (κ2) is 12.4. The van der Waals surface area contributed by atoms with Gasteiger partial charge in [-0.25, -0.2) is 0 Å². The fourth-order valence-electron chi connectivity index (χ4n) is 2.26. The topological polar surface area (TPSA) is 121 Å². The van der Waals surface area contributed by atoms with Gasteiger partial charge in [-0.1, -0.05) is 30.3 Å². The summed E-state index contributed by atoms with van der Waals surface area (Å²) >= 11 is 0. The second-order valence-electron chi connectivity index (χ2n) is 5.98. The number of pyridine rings is 1. The second-order valence-corrected chi connectivity index (χ2v) is 5.98. The Bertz CT molecular complexity index is 768. The van der Waals surface area contributed by atoms with E-state index < -0.39 is 6.04 Å². The first-order valence-electron chi connectivity index (χ1n) is 8.57. The van der Waals surface area contributed by atoms with Crippen molar-refractivity contribution in [1.82, 2.24) is 20.9 Å². The van der Waals surface area contributed by atoms with Crippen LogP contribution in [0.3, 0.4) is 0 Å². The van der Waals surface area contributed by atoms with Crippen molar-refractivity contribution < 1.29 is 9.59 Å². The summed E-state index contributed by atoms with van der Waals surface area (Å²) < 4.78 is 0. The highest BCUT2D eigenvalue weighted by atomic mass is 35.5. The van der Waals surface area contributed by atoms with Gasteiger partial charge in [0.05, 0.1) is 18.8 Å². The molecular formula is C19H25ClN6O2. The van der Waals surface area contributed by atoms with E-state index in [1.54, 1.807) is 31.6 Å². The molecule has 0 aliphatic heterocycles. The van der Waals surface area contributed by atoms with Crippen LogP contribution in [0.1, 0.15) is 23.6 Å². The van der Waals surface area contributed by atoms with Gasteiger partial charge in [-0.2, -0.15) is 5.10 Å². The Labute approximate surface area is 170 Å². The van der Waals surface area contributed by atoms with Crippen molar-refractivity contribution >= 4 is 30.4 Å². The van der Waals surface area contributed by atoms with Crippen molar-refractivity contribution in [2.75, 3.05) is 6.54 Å². The van der Waals surface area contributed by atoms with Crippen LogP contribution in [0.2, 0.25) is 0 Å². The maximum Gasteiger partial charge on any atom is 0.239 e. The molecule has 1 atom stereocenters. The number of nitrogens with zero attached hydrogens (tertiary/aromatic N) is 2. The number of carbonyl (C=O) groups excluding carboxylic acids is 2. The van der Waals surface area contributed by atoms with Gasteiger partial charge in [-0.3, -0.25) is 14.6 Å². The van der Waals surface area contributed by atoms with Crippen molar-refractivity contribution in [3.05, 3.63) is 65.5 Å². The van der Waals surface area contributed by atoms with Crippen LogP contribution in [0.15, 0.2) is 53.9 Å². The van der Waals surface area contributed by atoms with Crippen LogP contribution in [-0.2, 0) is 22.7 Å². The molecule has 1 unspecified atom stereocenters. The van der Waals surface area contributed by atoms with E-state index in [1.165, 1.54) is 0 Å². The van der Waals surface area contributed by atoms with Crippen molar-refractivity contribution in [3.63, 3.8) is 0 Å². The number of nitrogens with one attached hydrogen (secondary N) is 3. The number of carbonyl (C=O) groups is 2. The quantitative estimate of drug-likeness (QED) is 0.278. The zero-order chi connectivity index (χ0) is 19.5. The molecule has 0 aliphatic rings. The first kappa shape index (κ1) is 23.1. The molecule has 28 heavy (non-hydrogen) atoms. The molecule has 5 N–H and O–H groups in total. The Balaban J connectivity index is 0.00000392. The van der Waals surface area contributed by atoms with Gasteiger partial charge in [-0.15, -0.1) is 12.4 Å². The number of halogens is 1. The van der Waals surface area contributed by atoms with E-state index in [1.807, 2.05) is 30.3 Å². The van der Waals surface area contributed by atoms with Gasteiger partial charge in [0.25, 0.3) is 0 Å². The summed E-state index contributed by atoms with van der Waals surface area (Å²) in [7, 11) is 0. The Morgan fingerprint density at radius 3 is 2.54 bits per heavy atom. The molecule has 1 aromatic carbocycles. The largest absolute Gasteiger partial charge is 0.350 e. The molecule has 0 radical (unpaired) electrons. The van der Waals surface area contributed by atoms with Crippen molar-refractivity contribution in [2.45, 2.75) is 26.1 Å². The van der Waals surface area contributed by atoms with Crippen LogP contribution in [0.5, 0.6) is 0 Å². The van der Waals surface area contributed by atoms with Crippen LogP contribution < -0.4 is 21.8 Å². The first-order valence-corrected chi connectivity index (χ1v) is 8.57. The normalized spacial score (nSPS) is 11.5. The third-order valence-electron chi connectivity index (χ3n) is 3.84. The first-order chi connectivity index (χ1) is 13.1. The number of hydrogen-bond acceptors (Lipinski definition) is 6. The molecule has 0 aliphatic carbocycles. The minimum Gasteiger partial charge on any atom is -0.350 e. The maximum atomic E-state index is 12.1. The van der Waals surface area contributed by atoms with E-state index in [4.69, 9.17) is 5.84 Å². The van der Waals surface area contributed by atoms with Gasteiger partial charge in [0.2, 0.25) is 11.8 Å². The Morgan fingerprint density at radius 1 is 1.14 bits per heavy atom. The summed E-state index contributed by atoms with van der Waals surface area (Å²) in [5, 5.41) is 11.9. The molecule has 9 heteroatoms. The number of nitrogens with two attached hydrogens (primary N) is 1. The van der Waals surface area contributed by atoms with Crippen LogP contribution in [0.25, 0.3) is 0 Å². The highest BCUT2D eigenvalue weighted by molar-refractivity contribution is 5.87. The minimum atomic E-state index is -0.429. The molecule has 8 nitrogen and oxygen atoms in total. The van der Waals surface area contributed by atoms with E-state index in [0.29, 0.717) is 13.1 Å². The smallest absolute Gasteiger partial charge is 0.239 e. The summed E-state index contributed by atoms with van der Waals surface area (Å²) in [6.07, 6.45) is 4.91. The highest BCUT2D eigenvalue weighted by Crippen LogP contribution is 2.02. The van der Waals surface area contributed by atoms with E-state index in [-0.39, 0.29) is 30.8 Å². The van der Waals surface area contributed by atoms with E-state index in [0.717, 1.165) is 16.7 Å². The zero-order valence-electron chi connectivity index (χ0n) is 15.6. The Hall–Kier alpha value is -2.97. The van der Waals surface area contributed by atoms with Gasteiger partial charge >= 0.3 is 0 Å². The molecule has 150 valence electrons. The molecule has 0 saturated carbocycles. The highest BCUT2D eigenvalue weighted by Gasteiger charge is 2.13. The summed E-state index contributed by atoms with van der Waals surface area (Å²) in [5.74, 6) is 4.62. The third kappa shape index (κ3) is 8.15. The number of hydrogen-bond donors (Lipinski definition) is 4. The summed E-state index contributed by atoms with van der Waals surface area (Å²) in [5.41, 5.74) is 2.83. The lowest BCUT2D eigenvalue weighted by Crippen LogP contribution is -2.45. The molecule has 0 fully saturated rings. The van der Waals surface area contributed by atoms with Gasteiger partial charge in [0.15, 0.2) is 0 Å². The van der Waals surface area contributed by atoms with Crippen LogP contribution in [0, 0.1) is 0 Å². The lowest BCUT2D eigenvalue weighted by molar-refractivity contribution is -0.127. The third-order valence-corrected chi connectivity index (χ3v) is 3.84. The number of aromatic nitrogens is 1. The maximum absolute atomic E-state index is 12.1. The van der Waals surface area contributed by atoms with Crippen LogP contribution >= 0.6 is 12.4 Å². The molecule has 0 spiro atoms. The van der Waals surface area contributed by atoms with Gasteiger partial charge < -0.3 is 21.8 Å². The summed E-state index contributed by atoms with van der Waals surface area (Å²) in [6, 6.07) is 10.9. The minimum absolute atomic E-state index is 0. The summed E-state index contributed by atoms with van der Waals surface area (Å²) in [6.45, 7) is 2.58. The number of amides is 2. The van der Waals surface area contributed by atoms with Gasteiger partial charge in [0.1, 0.15) is 0 Å². The SMILES string of the molecule is CC(NCc1ccc(C=NN)cc1)C(=O)NCC(=O)NCc1cccnc1.Cl. The van der Waals surface area contributed by atoms with Crippen LogP contribution in [-0.4, -0.2) is 35.6 Å². The van der Waals surface area contributed by atoms with Gasteiger partial charge in [-0.05, 0) is 29.7 Å². The van der Waals surface area contributed by atoms with E-state index in [9.17, 15) is 9.59 Å². The van der Waals surface area contributed by atoms with Gasteiger partial charge in [0, 0.05) is 25.5 Å². The average molecular weight is 405 g/mol. The Morgan fingerprint density at radius 2 is 1.89 bits per heavy atom.